The third-order valence-corrected chi connectivity index (χ3v) is 3.17. The van der Waals surface area contributed by atoms with Gasteiger partial charge >= 0.3 is 0 Å². The lowest BCUT2D eigenvalue weighted by atomic mass is 9.90. The lowest BCUT2D eigenvalue weighted by molar-refractivity contribution is 0.1000. The van der Waals surface area contributed by atoms with Crippen molar-refractivity contribution >= 4 is 11.5 Å². The minimum absolute atomic E-state index is 0.373. The molecule has 0 radical (unpaired) electrons. The van der Waals surface area contributed by atoms with Crippen LogP contribution >= 0.6 is 0 Å². The maximum atomic E-state index is 13.0. The summed E-state index contributed by atoms with van der Waals surface area (Å²) >= 11 is 0. The molecule has 17 heavy (non-hydrogen) atoms. The van der Waals surface area contributed by atoms with Gasteiger partial charge in [-0.2, -0.15) is 0 Å². The van der Waals surface area contributed by atoms with Gasteiger partial charge in [-0.1, -0.05) is 12.1 Å². The molecule has 1 aliphatic carbocycles. The van der Waals surface area contributed by atoms with Gasteiger partial charge < -0.3 is 5.73 Å². The molecule has 0 fully saturated rings. The van der Waals surface area contributed by atoms with E-state index in [9.17, 15) is 9.18 Å². The monoisotopic (exact) mass is 233 g/mol. The van der Waals surface area contributed by atoms with Crippen molar-refractivity contribution in [2.75, 3.05) is 0 Å². The van der Waals surface area contributed by atoms with E-state index in [4.69, 9.17) is 5.73 Å². The fourth-order valence-electron chi connectivity index (χ4n) is 2.25. The van der Waals surface area contributed by atoms with Crippen LogP contribution in [-0.4, -0.2) is 5.91 Å². The fourth-order valence-corrected chi connectivity index (χ4v) is 2.25. The highest BCUT2D eigenvalue weighted by Crippen LogP contribution is 2.30. The Kier molecular flexibility index (Phi) is 3.57. The molecule has 2 N–H and O–H groups in total. The van der Waals surface area contributed by atoms with Crippen LogP contribution < -0.4 is 5.73 Å². The van der Waals surface area contributed by atoms with Gasteiger partial charge in [-0.3, -0.25) is 4.79 Å². The first kappa shape index (κ1) is 11.8. The summed E-state index contributed by atoms with van der Waals surface area (Å²) in [6, 6.07) is 5.05. The van der Waals surface area contributed by atoms with Crippen molar-refractivity contribution in [1.29, 1.82) is 0 Å². The summed E-state index contributed by atoms with van der Waals surface area (Å²) in [7, 11) is 0. The standard InChI is InChI=1S/C14H16FNO/c15-9-12-8-11(14(16)17)6-7-13(12)10-4-2-1-3-5-10/h4,6-8H,1-3,5,9H2,(H2,16,17). The summed E-state index contributed by atoms with van der Waals surface area (Å²) < 4.78 is 13.0. The van der Waals surface area contributed by atoms with Gasteiger partial charge in [0.25, 0.3) is 0 Å². The number of hydrogen-bond acceptors (Lipinski definition) is 1. The number of nitrogens with two attached hydrogens (primary N) is 1. The second kappa shape index (κ2) is 5.13. The van der Waals surface area contributed by atoms with Gasteiger partial charge in [-0.25, -0.2) is 4.39 Å². The van der Waals surface area contributed by atoms with Crippen molar-refractivity contribution < 1.29 is 9.18 Å². The molecule has 0 heterocycles. The van der Waals surface area contributed by atoms with E-state index < -0.39 is 12.6 Å². The summed E-state index contributed by atoms with van der Waals surface area (Å²) in [6.45, 7) is -0.562. The summed E-state index contributed by atoms with van der Waals surface area (Å²) in [5.74, 6) is -0.510. The van der Waals surface area contributed by atoms with E-state index in [1.165, 1.54) is 12.0 Å². The molecule has 1 aromatic rings. The number of amides is 1. The first-order chi connectivity index (χ1) is 8.22. The maximum Gasteiger partial charge on any atom is 0.248 e. The molecule has 1 aliphatic rings. The van der Waals surface area contributed by atoms with Crippen LogP contribution in [0.25, 0.3) is 5.57 Å². The minimum Gasteiger partial charge on any atom is -0.366 e. The highest BCUT2D eigenvalue weighted by Gasteiger charge is 2.12. The van der Waals surface area contributed by atoms with Crippen LogP contribution in [0.1, 0.15) is 47.2 Å². The quantitative estimate of drug-likeness (QED) is 0.855. The SMILES string of the molecule is NC(=O)c1ccc(C2=CCCCC2)c(CF)c1. The number of alkyl halides is 1. The smallest absolute Gasteiger partial charge is 0.248 e. The van der Waals surface area contributed by atoms with Crippen LogP contribution in [-0.2, 0) is 6.67 Å². The van der Waals surface area contributed by atoms with Crippen LogP contribution in [0.2, 0.25) is 0 Å². The molecule has 2 nitrogen and oxygen atoms in total. The highest BCUT2D eigenvalue weighted by atomic mass is 19.1. The molecule has 0 aromatic heterocycles. The average Bonchev–Trinajstić information content (AvgIpc) is 2.39. The van der Waals surface area contributed by atoms with E-state index in [2.05, 4.69) is 6.08 Å². The number of rotatable bonds is 3. The number of carbonyl (C=O) groups is 1. The molecule has 0 saturated heterocycles. The number of benzene rings is 1. The molecule has 2 rings (SSSR count). The molecule has 3 heteroatoms. The predicted molar refractivity (Wildman–Crippen MR) is 66.2 cm³/mol. The zero-order valence-corrected chi connectivity index (χ0v) is 9.71. The lowest BCUT2D eigenvalue weighted by Crippen LogP contribution is -2.11. The van der Waals surface area contributed by atoms with E-state index in [0.29, 0.717) is 11.1 Å². The number of carbonyl (C=O) groups excluding carboxylic acids is 1. The van der Waals surface area contributed by atoms with Crippen LogP contribution in [0, 0.1) is 0 Å². The van der Waals surface area contributed by atoms with Crippen molar-refractivity contribution in [3.8, 4) is 0 Å². The Morgan fingerprint density at radius 3 is 2.76 bits per heavy atom. The third kappa shape index (κ3) is 2.54. The maximum absolute atomic E-state index is 13.0. The number of hydrogen-bond donors (Lipinski definition) is 1. The molecule has 0 spiro atoms. The van der Waals surface area contributed by atoms with Crippen LogP contribution in [0.15, 0.2) is 24.3 Å². The second-order valence-corrected chi connectivity index (χ2v) is 4.34. The Bertz CT molecular complexity index is 465. The predicted octanol–water partition coefficient (Wildman–Crippen LogP) is 3.21. The Balaban J connectivity index is 2.40. The molecule has 1 aromatic carbocycles. The van der Waals surface area contributed by atoms with Gasteiger partial charge in [0.15, 0.2) is 0 Å². The third-order valence-electron chi connectivity index (χ3n) is 3.17. The first-order valence-corrected chi connectivity index (χ1v) is 5.90. The van der Waals surface area contributed by atoms with E-state index >= 15 is 0 Å². The summed E-state index contributed by atoms with van der Waals surface area (Å²) in [5, 5.41) is 0. The Morgan fingerprint density at radius 1 is 1.35 bits per heavy atom. The van der Waals surface area contributed by atoms with E-state index in [1.54, 1.807) is 12.1 Å². The summed E-state index contributed by atoms with van der Waals surface area (Å²) in [5.41, 5.74) is 8.25. The van der Waals surface area contributed by atoms with Crippen LogP contribution in [0.3, 0.4) is 0 Å². The molecule has 0 saturated carbocycles. The van der Waals surface area contributed by atoms with E-state index in [-0.39, 0.29) is 0 Å². The highest BCUT2D eigenvalue weighted by molar-refractivity contribution is 5.93. The largest absolute Gasteiger partial charge is 0.366 e. The topological polar surface area (TPSA) is 43.1 Å². The van der Waals surface area contributed by atoms with Crippen molar-refractivity contribution in [2.24, 2.45) is 5.73 Å². The Morgan fingerprint density at radius 2 is 2.18 bits per heavy atom. The molecule has 0 aliphatic heterocycles. The van der Waals surface area contributed by atoms with Gasteiger partial charge in [-0.05, 0) is 54.5 Å². The summed E-state index contributed by atoms with van der Waals surface area (Å²) in [6.07, 6.45) is 6.56. The van der Waals surface area contributed by atoms with Crippen molar-refractivity contribution in [2.45, 2.75) is 32.4 Å². The molecular weight excluding hydrogens is 217 g/mol. The summed E-state index contributed by atoms with van der Waals surface area (Å²) in [4.78, 5) is 11.0. The molecule has 90 valence electrons. The van der Waals surface area contributed by atoms with Gasteiger partial charge in [0, 0.05) is 5.56 Å². The van der Waals surface area contributed by atoms with E-state index in [0.717, 1.165) is 24.8 Å². The fraction of sp³-hybridized carbons (Fsp3) is 0.357. The number of primary amides is 1. The second-order valence-electron chi connectivity index (χ2n) is 4.34. The van der Waals surface area contributed by atoms with Crippen molar-refractivity contribution in [3.63, 3.8) is 0 Å². The zero-order valence-electron chi connectivity index (χ0n) is 9.71. The molecule has 0 atom stereocenters. The van der Waals surface area contributed by atoms with Crippen LogP contribution in [0.4, 0.5) is 4.39 Å². The minimum atomic E-state index is -0.562. The molecule has 0 bridgehead atoms. The molecular formula is C14H16FNO. The zero-order chi connectivity index (χ0) is 12.3. The molecule has 0 unspecified atom stereocenters. The van der Waals surface area contributed by atoms with Gasteiger partial charge in [0.05, 0.1) is 0 Å². The first-order valence-electron chi connectivity index (χ1n) is 5.90. The Hall–Kier alpha value is -1.64. The van der Waals surface area contributed by atoms with Crippen molar-refractivity contribution in [1.82, 2.24) is 0 Å². The van der Waals surface area contributed by atoms with Crippen LogP contribution in [0.5, 0.6) is 0 Å². The van der Waals surface area contributed by atoms with Gasteiger partial charge in [0.2, 0.25) is 5.91 Å². The number of halogens is 1. The van der Waals surface area contributed by atoms with Crippen molar-refractivity contribution in [3.05, 3.63) is 41.0 Å². The Labute approximate surface area is 100 Å². The molecule has 1 amide bonds. The van der Waals surface area contributed by atoms with Gasteiger partial charge in [-0.15, -0.1) is 0 Å². The van der Waals surface area contributed by atoms with E-state index in [1.807, 2.05) is 6.07 Å². The van der Waals surface area contributed by atoms with Gasteiger partial charge in [0.1, 0.15) is 6.67 Å². The normalized spacial score (nSPS) is 15.5. The number of allylic oxidation sites excluding steroid dienone is 2. The lowest BCUT2D eigenvalue weighted by Gasteiger charge is -2.16. The average molecular weight is 233 g/mol.